The lowest BCUT2D eigenvalue weighted by atomic mass is 10.1. The summed E-state index contributed by atoms with van der Waals surface area (Å²) in [4.78, 5) is 33.4. The third-order valence-corrected chi connectivity index (χ3v) is 5.83. The van der Waals surface area contributed by atoms with Crippen LogP contribution in [0.1, 0.15) is 27.8 Å². The number of hydrogen-bond donors (Lipinski definition) is 1. The van der Waals surface area contributed by atoms with Gasteiger partial charge in [-0.3, -0.25) is 4.79 Å². The van der Waals surface area contributed by atoms with Crippen LogP contribution in [0.5, 0.6) is 0 Å². The average Bonchev–Trinajstić information content (AvgIpc) is 3.40. The summed E-state index contributed by atoms with van der Waals surface area (Å²) in [5, 5.41) is 5.19. The maximum Gasteiger partial charge on any atom is 0.358 e. The van der Waals surface area contributed by atoms with Crippen molar-refractivity contribution in [3.05, 3.63) is 64.6 Å². The Hall–Kier alpha value is -2.77. The van der Waals surface area contributed by atoms with Gasteiger partial charge in [-0.25, -0.2) is 9.78 Å². The highest BCUT2D eigenvalue weighted by Gasteiger charge is 2.24. The van der Waals surface area contributed by atoms with E-state index in [0.29, 0.717) is 5.56 Å². The van der Waals surface area contributed by atoms with E-state index in [1.807, 2.05) is 41.8 Å². The number of ketones is 1. The van der Waals surface area contributed by atoms with Crippen LogP contribution in [0, 0.1) is 0 Å². The van der Waals surface area contributed by atoms with Crippen LogP contribution in [0.25, 0.3) is 20.8 Å². The first kappa shape index (κ1) is 16.7. The second-order valence-electron chi connectivity index (χ2n) is 5.67. The van der Waals surface area contributed by atoms with Crippen molar-refractivity contribution in [1.29, 1.82) is 0 Å². The largest absolute Gasteiger partial charge is 0.450 e. The van der Waals surface area contributed by atoms with Crippen molar-refractivity contribution in [3.8, 4) is 9.88 Å². The molecule has 26 heavy (non-hydrogen) atoms. The van der Waals surface area contributed by atoms with Gasteiger partial charge in [-0.2, -0.15) is 0 Å². The SMILES string of the molecule is C[C@H](OC(=O)c1csc(-c2cccs2)n1)C(=O)c1c[nH]c2ccccc12. The average molecular weight is 382 g/mol. The number of H-pyrrole nitrogens is 1. The van der Waals surface area contributed by atoms with Gasteiger partial charge in [0.1, 0.15) is 5.01 Å². The summed E-state index contributed by atoms with van der Waals surface area (Å²) < 4.78 is 5.35. The van der Waals surface area contributed by atoms with Crippen LogP contribution in [-0.4, -0.2) is 27.8 Å². The molecule has 1 N–H and O–H groups in total. The zero-order chi connectivity index (χ0) is 18.1. The molecule has 0 amide bonds. The van der Waals surface area contributed by atoms with Crippen LogP contribution < -0.4 is 0 Å². The molecule has 5 nitrogen and oxygen atoms in total. The fourth-order valence-corrected chi connectivity index (χ4v) is 4.25. The molecule has 4 aromatic rings. The number of thiazole rings is 1. The van der Waals surface area contributed by atoms with Crippen LogP contribution in [0.2, 0.25) is 0 Å². The Balaban J connectivity index is 1.50. The number of nitrogens with zero attached hydrogens (tertiary/aromatic N) is 1. The minimum Gasteiger partial charge on any atom is -0.450 e. The Morgan fingerprint density at radius 1 is 1.15 bits per heavy atom. The van der Waals surface area contributed by atoms with Gasteiger partial charge in [-0.15, -0.1) is 22.7 Å². The molecule has 0 saturated heterocycles. The van der Waals surface area contributed by atoms with Crippen LogP contribution in [0.4, 0.5) is 0 Å². The van der Waals surface area contributed by atoms with E-state index in [0.717, 1.165) is 20.8 Å². The number of fused-ring (bicyclic) bond motifs is 1. The normalized spacial score (nSPS) is 12.2. The fourth-order valence-electron chi connectivity index (χ4n) is 2.65. The van der Waals surface area contributed by atoms with Gasteiger partial charge in [-0.1, -0.05) is 24.3 Å². The van der Waals surface area contributed by atoms with Gasteiger partial charge in [0.15, 0.2) is 11.8 Å². The van der Waals surface area contributed by atoms with Gasteiger partial charge < -0.3 is 9.72 Å². The molecule has 0 spiro atoms. The molecule has 4 rings (SSSR count). The number of Topliss-reactive ketones (excluding diaryl/α,β-unsaturated/α-hetero) is 1. The quantitative estimate of drug-likeness (QED) is 0.398. The number of hydrogen-bond acceptors (Lipinski definition) is 6. The summed E-state index contributed by atoms with van der Waals surface area (Å²) in [6, 6.07) is 11.4. The smallest absolute Gasteiger partial charge is 0.358 e. The third-order valence-electron chi connectivity index (χ3n) is 3.95. The fraction of sp³-hybridized carbons (Fsp3) is 0.105. The summed E-state index contributed by atoms with van der Waals surface area (Å²) in [5.41, 5.74) is 1.60. The van der Waals surface area contributed by atoms with E-state index in [9.17, 15) is 9.59 Å². The Bertz CT molecular complexity index is 1080. The molecule has 1 aromatic carbocycles. The summed E-state index contributed by atoms with van der Waals surface area (Å²) in [6.07, 6.45) is 0.753. The van der Waals surface area contributed by atoms with E-state index in [1.54, 1.807) is 29.8 Å². The molecule has 0 fully saturated rings. The number of carbonyl (C=O) groups excluding carboxylic acids is 2. The van der Waals surface area contributed by atoms with E-state index < -0.39 is 12.1 Å². The number of aromatic amines is 1. The molecule has 3 aromatic heterocycles. The van der Waals surface area contributed by atoms with Crippen LogP contribution in [0.15, 0.2) is 53.4 Å². The topological polar surface area (TPSA) is 72.0 Å². The Morgan fingerprint density at radius 2 is 2.00 bits per heavy atom. The Kier molecular flexibility index (Phi) is 4.40. The van der Waals surface area contributed by atoms with E-state index in [2.05, 4.69) is 9.97 Å². The lowest BCUT2D eigenvalue weighted by molar-refractivity contribution is 0.0314. The molecular formula is C19H14N2O3S2. The molecular weight excluding hydrogens is 368 g/mol. The van der Waals surface area contributed by atoms with Crippen molar-refractivity contribution in [1.82, 2.24) is 9.97 Å². The minimum atomic E-state index is -0.895. The van der Waals surface area contributed by atoms with Crippen molar-refractivity contribution < 1.29 is 14.3 Å². The van der Waals surface area contributed by atoms with E-state index in [-0.39, 0.29) is 11.5 Å². The number of para-hydroxylation sites is 1. The van der Waals surface area contributed by atoms with Gasteiger partial charge in [0.05, 0.1) is 4.88 Å². The van der Waals surface area contributed by atoms with Crippen molar-refractivity contribution >= 4 is 45.3 Å². The third kappa shape index (κ3) is 3.07. The predicted octanol–water partition coefficient (Wildman–Crippen LogP) is 4.78. The van der Waals surface area contributed by atoms with E-state index in [1.165, 1.54) is 11.3 Å². The van der Waals surface area contributed by atoms with Crippen molar-refractivity contribution in [2.24, 2.45) is 0 Å². The second kappa shape index (κ2) is 6.86. The summed E-state index contributed by atoms with van der Waals surface area (Å²) in [6.45, 7) is 1.58. The monoisotopic (exact) mass is 382 g/mol. The van der Waals surface area contributed by atoms with Gasteiger partial charge in [0.25, 0.3) is 0 Å². The lowest BCUT2D eigenvalue weighted by Crippen LogP contribution is -2.24. The van der Waals surface area contributed by atoms with E-state index in [4.69, 9.17) is 4.74 Å². The molecule has 0 aliphatic carbocycles. The predicted molar refractivity (Wildman–Crippen MR) is 103 cm³/mol. The number of carbonyl (C=O) groups is 2. The van der Waals surface area contributed by atoms with Crippen molar-refractivity contribution in [2.75, 3.05) is 0 Å². The van der Waals surface area contributed by atoms with E-state index >= 15 is 0 Å². The zero-order valence-corrected chi connectivity index (χ0v) is 15.4. The second-order valence-corrected chi connectivity index (χ2v) is 7.48. The van der Waals surface area contributed by atoms with Crippen LogP contribution in [0.3, 0.4) is 0 Å². The maximum atomic E-state index is 12.7. The highest BCUT2D eigenvalue weighted by atomic mass is 32.1. The standard InChI is InChI=1S/C19H14N2O3S2/c1-11(17(22)13-9-20-14-6-3-2-5-12(13)14)24-19(23)15-10-26-18(21-15)16-7-4-8-25-16/h2-11,20H,1H3/t11-/m0/s1. The number of aromatic nitrogens is 2. The molecule has 0 aliphatic heterocycles. The van der Waals surface area contributed by atoms with Gasteiger partial charge in [0, 0.05) is 28.0 Å². The first-order chi connectivity index (χ1) is 12.6. The number of benzene rings is 1. The number of ether oxygens (including phenoxy) is 1. The number of thiophene rings is 1. The van der Waals surface area contributed by atoms with Crippen molar-refractivity contribution in [3.63, 3.8) is 0 Å². The van der Waals surface area contributed by atoms with Gasteiger partial charge >= 0.3 is 5.97 Å². The molecule has 0 unspecified atom stereocenters. The summed E-state index contributed by atoms with van der Waals surface area (Å²) in [5.74, 6) is -0.839. The highest BCUT2D eigenvalue weighted by molar-refractivity contribution is 7.20. The first-order valence-electron chi connectivity index (χ1n) is 7.94. The molecule has 130 valence electrons. The van der Waals surface area contributed by atoms with Crippen LogP contribution >= 0.6 is 22.7 Å². The molecule has 3 heterocycles. The van der Waals surface area contributed by atoms with Gasteiger partial charge in [0.2, 0.25) is 5.78 Å². The van der Waals surface area contributed by atoms with Gasteiger partial charge in [-0.05, 0) is 24.4 Å². The number of esters is 1. The molecule has 0 bridgehead atoms. The lowest BCUT2D eigenvalue weighted by Gasteiger charge is -2.10. The molecule has 0 saturated carbocycles. The summed E-state index contributed by atoms with van der Waals surface area (Å²) in [7, 11) is 0. The minimum absolute atomic E-state index is 0.219. The molecule has 0 radical (unpaired) electrons. The number of nitrogens with one attached hydrogen (secondary N) is 1. The highest BCUT2D eigenvalue weighted by Crippen LogP contribution is 2.28. The first-order valence-corrected chi connectivity index (χ1v) is 9.70. The van der Waals surface area contributed by atoms with Crippen LogP contribution in [-0.2, 0) is 4.74 Å². The zero-order valence-electron chi connectivity index (χ0n) is 13.8. The molecule has 0 aliphatic rings. The molecule has 1 atom stereocenters. The van der Waals surface area contributed by atoms with Crippen molar-refractivity contribution in [2.45, 2.75) is 13.0 Å². The Morgan fingerprint density at radius 3 is 2.81 bits per heavy atom. The number of rotatable bonds is 5. The Labute approximate surface area is 157 Å². The summed E-state index contributed by atoms with van der Waals surface area (Å²) >= 11 is 2.94. The molecule has 7 heteroatoms. The maximum absolute atomic E-state index is 12.7.